The Morgan fingerprint density at radius 3 is 2.94 bits per heavy atom. The Bertz CT molecular complexity index is 481. The molecule has 4 heteroatoms. The van der Waals surface area contributed by atoms with E-state index in [2.05, 4.69) is 10.3 Å². The fourth-order valence-electron chi connectivity index (χ4n) is 1.39. The molecule has 1 N–H and O–H groups in total. The summed E-state index contributed by atoms with van der Waals surface area (Å²) in [5.41, 5.74) is 0.939. The highest BCUT2D eigenvalue weighted by Crippen LogP contribution is 2.25. The highest BCUT2D eigenvalue weighted by Gasteiger charge is 2.11. The summed E-state index contributed by atoms with van der Waals surface area (Å²) in [6.07, 6.45) is 1.72. The van der Waals surface area contributed by atoms with E-state index in [0.29, 0.717) is 10.9 Å². The molecule has 1 unspecified atom stereocenters. The van der Waals surface area contributed by atoms with Gasteiger partial charge >= 0.3 is 0 Å². The minimum absolute atomic E-state index is 0.105. The third-order valence-corrected chi connectivity index (χ3v) is 2.67. The van der Waals surface area contributed by atoms with Crippen molar-refractivity contribution in [1.82, 2.24) is 10.3 Å². The predicted octanol–water partition coefficient (Wildman–Crippen LogP) is 3.28. The zero-order valence-corrected chi connectivity index (χ0v) is 9.95. The molecule has 0 aliphatic rings. The van der Waals surface area contributed by atoms with Crippen LogP contribution < -0.4 is 5.32 Å². The molecular weight excluding hydrogens is 224 g/mol. The number of oxazole rings is 1. The highest BCUT2D eigenvalue weighted by molar-refractivity contribution is 6.30. The van der Waals surface area contributed by atoms with Gasteiger partial charge < -0.3 is 9.73 Å². The van der Waals surface area contributed by atoms with E-state index in [1.54, 1.807) is 6.20 Å². The van der Waals surface area contributed by atoms with E-state index in [1.165, 1.54) is 0 Å². The van der Waals surface area contributed by atoms with Gasteiger partial charge in [-0.25, -0.2) is 4.98 Å². The number of hydrogen-bond donors (Lipinski definition) is 1. The normalized spacial score (nSPS) is 12.7. The van der Waals surface area contributed by atoms with E-state index in [-0.39, 0.29) is 6.04 Å². The molecule has 0 amide bonds. The van der Waals surface area contributed by atoms with Crippen molar-refractivity contribution in [3.63, 3.8) is 0 Å². The Morgan fingerprint density at radius 2 is 2.25 bits per heavy atom. The van der Waals surface area contributed by atoms with Crippen LogP contribution in [0.15, 0.2) is 34.9 Å². The van der Waals surface area contributed by atoms with Gasteiger partial charge in [0.1, 0.15) is 0 Å². The Hall–Kier alpha value is -1.32. The van der Waals surface area contributed by atoms with Crippen LogP contribution in [0.2, 0.25) is 5.02 Å². The molecule has 1 atom stereocenters. The van der Waals surface area contributed by atoms with Gasteiger partial charge in [0.05, 0.1) is 12.2 Å². The van der Waals surface area contributed by atoms with Crippen LogP contribution in [0, 0.1) is 0 Å². The fourth-order valence-corrected chi connectivity index (χ4v) is 1.58. The van der Waals surface area contributed by atoms with E-state index in [4.69, 9.17) is 16.0 Å². The first-order valence-corrected chi connectivity index (χ1v) is 5.47. The maximum absolute atomic E-state index is 5.92. The molecule has 2 rings (SSSR count). The van der Waals surface area contributed by atoms with Gasteiger partial charge in [-0.05, 0) is 26.1 Å². The molecule has 0 fully saturated rings. The van der Waals surface area contributed by atoms with Gasteiger partial charge in [-0.2, -0.15) is 0 Å². The van der Waals surface area contributed by atoms with Crippen molar-refractivity contribution in [2.24, 2.45) is 0 Å². The number of rotatable bonds is 3. The van der Waals surface area contributed by atoms with Crippen molar-refractivity contribution in [1.29, 1.82) is 0 Å². The number of nitrogens with one attached hydrogen (secondary N) is 1. The number of benzene rings is 1. The SMILES string of the molecule is CNC(C)c1ncc(-c2cccc(Cl)c2)o1. The van der Waals surface area contributed by atoms with Crippen molar-refractivity contribution < 1.29 is 4.42 Å². The number of aromatic nitrogens is 1. The van der Waals surface area contributed by atoms with E-state index in [9.17, 15) is 0 Å². The monoisotopic (exact) mass is 236 g/mol. The molecule has 3 nitrogen and oxygen atoms in total. The van der Waals surface area contributed by atoms with Crippen LogP contribution >= 0.6 is 11.6 Å². The van der Waals surface area contributed by atoms with Crippen LogP contribution in [-0.4, -0.2) is 12.0 Å². The lowest BCUT2D eigenvalue weighted by Crippen LogP contribution is -2.12. The lowest BCUT2D eigenvalue weighted by atomic mass is 10.2. The van der Waals surface area contributed by atoms with Crippen LogP contribution in [-0.2, 0) is 0 Å². The standard InChI is InChI=1S/C12H13ClN2O/c1-8(14-2)12-15-7-11(16-12)9-4-3-5-10(13)6-9/h3-8,14H,1-2H3. The third kappa shape index (κ3) is 2.26. The second-order valence-corrected chi connectivity index (χ2v) is 4.02. The molecule has 1 heterocycles. The smallest absolute Gasteiger partial charge is 0.211 e. The van der Waals surface area contributed by atoms with Gasteiger partial charge in [0, 0.05) is 10.6 Å². The Balaban J connectivity index is 2.31. The van der Waals surface area contributed by atoms with Gasteiger partial charge in [-0.3, -0.25) is 0 Å². The molecule has 16 heavy (non-hydrogen) atoms. The number of hydrogen-bond acceptors (Lipinski definition) is 3. The molecule has 0 saturated heterocycles. The zero-order chi connectivity index (χ0) is 11.5. The first-order chi connectivity index (χ1) is 7.70. The predicted molar refractivity (Wildman–Crippen MR) is 64.4 cm³/mol. The minimum atomic E-state index is 0.105. The van der Waals surface area contributed by atoms with Gasteiger partial charge in [-0.1, -0.05) is 23.7 Å². The first kappa shape index (κ1) is 11.2. The van der Waals surface area contributed by atoms with Gasteiger partial charge in [0.25, 0.3) is 0 Å². The summed E-state index contributed by atoms with van der Waals surface area (Å²) < 4.78 is 5.65. The number of nitrogens with zero attached hydrogens (tertiary/aromatic N) is 1. The maximum Gasteiger partial charge on any atom is 0.211 e. The van der Waals surface area contributed by atoms with Crippen LogP contribution in [0.25, 0.3) is 11.3 Å². The van der Waals surface area contributed by atoms with Gasteiger partial charge in [0.2, 0.25) is 5.89 Å². The molecule has 1 aromatic heterocycles. The molecule has 0 saturated carbocycles. The topological polar surface area (TPSA) is 38.1 Å². The van der Waals surface area contributed by atoms with E-state index in [0.717, 1.165) is 11.3 Å². The summed E-state index contributed by atoms with van der Waals surface area (Å²) in [6.45, 7) is 1.99. The van der Waals surface area contributed by atoms with E-state index >= 15 is 0 Å². The van der Waals surface area contributed by atoms with Crippen molar-refractivity contribution in [2.45, 2.75) is 13.0 Å². The van der Waals surface area contributed by atoms with Gasteiger partial charge in [0.15, 0.2) is 5.76 Å². The zero-order valence-electron chi connectivity index (χ0n) is 9.20. The summed E-state index contributed by atoms with van der Waals surface area (Å²) in [5.74, 6) is 1.41. The molecule has 1 aromatic carbocycles. The molecule has 0 aliphatic heterocycles. The fraction of sp³-hybridized carbons (Fsp3) is 0.250. The van der Waals surface area contributed by atoms with E-state index < -0.39 is 0 Å². The van der Waals surface area contributed by atoms with Crippen molar-refractivity contribution in [3.05, 3.63) is 41.4 Å². The average molecular weight is 237 g/mol. The Kier molecular flexibility index (Phi) is 3.27. The second kappa shape index (κ2) is 4.68. The first-order valence-electron chi connectivity index (χ1n) is 5.09. The van der Waals surface area contributed by atoms with Crippen molar-refractivity contribution >= 4 is 11.6 Å². The Labute approximate surface area is 99.5 Å². The van der Waals surface area contributed by atoms with Crippen LogP contribution in [0.5, 0.6) is 0 Å². The molecule has 0 spiro atoms. The van der Waals surface area contributed by atoms with Crippen molar-refractivity contribution in [3.8, 4) is 11.3 Å². The average Bonchev–Trinajstić information content (AvgIpc) is 2.77. The molecular formula is C12H13ClN2O. The Morgan fingerprint density at radius 1 is 1.44 bits per heavy atom. The molecule has 0 aliphatic carbocycles. The lowest BCUT2D eigenvalue weighted by molar-refractivity contribution is 0.441. The molecule has 0 radical (unpaired) electrons. The van der Waals surface area contributed by atoms with Crippen molar-refractivity contribution in [2.75, 3.05) is 7.05 Å². The summed E-state index contributed by atoms with van der Waals surface area (Å²) in [7, 11) is 1.87. The second-order valence-electron chi connectivity index (χ2n) is 3.58. The highest BCUT2D eigenvalue weighted by atomic mass is 35.5. The lowest BCUT2D eigenvalue weighted by Gasteiger charge is -2.03. The largest absolute Gasteiger partial charge is 0.439 e. The number of halogens is 1. The molecule has 84 valence electrons. The quantitative estimate of drug-likeness (QED) is 0.889. The summed E-state index contributed by atoms with van der Waals surface area (Å²) in [6, 6.07) is 7.63. The minimum Gasteiger partial charge on any atom is -0.439 e. The molecule has 0 bridgehead atoms. The summed E-state index contributed by atoms with van der Waals surface area (Å²) in [4.78, 5) is 4.22. The van der Waals surface area contributed by atoms with Crippen LogP contribution in [0.4, 0.5) is 0 Å². The van der Waals surface area contributed by atoms with Crippen LogP contribution in [0.3, 0.4) is 0 Å². The summed E-state index contributed by atoms with van der Waals surface area (Å²) >= 11 is 5.92. The third-order valence-electron chi connectivity index (χ3n) is 2.44. The van der Waals surface area contributed by atoms with E-state index in [1.807, 2.05) is 38.2 Å². The maximum atomic E-state index is 5.92. The molecule has 2 aromatic rings. The van der Waals surface area contributed by atoms with Crippen LogP contribution in [0.1, 0.15) is 18.9 Å². The summed E-state index contributed by atoms with van der Waals surface area (Å²) in [5, 5.41) is 3.77. The van der Waals surface area contributed by atoms with Gasteiger partial charge in [-0.15, -0.1) is 0 Å².